The van der Waals surface area contributed by atoms with Crippen molar-refractivity contribution in [1.82, 2.24) is 15.2 Å². The van der Waals surface area contributed by atoms with Gasteiger partial charge in [-0.1, -0.05) is 6.07 Å². The number of carbonyl (C=O) groups is 2. The molecule has 0 saturated heterocycles. The Morgan fingerprint density at radius 2 is 2.04 bits per heavy atom. The molecule has 148 valence electrons. The van der Waals surface area contributed by atoms with E-state index in [9.17, 15) is 9.59 Å². The number of amides is 2. The van der Waals surface area contributed by atoms with Crippen molar-refractivity contribution in [2.75, 3.05) is 13.6 Å². The van der Waals surface area contributed by atoms with Crippen LogP contribution in [-0.4, -0.2) is 41.3 Å². The maximum atomic E-state index is 12.8. The Bertz CT molecular complexity index is 914. The third-order valence-corrected chi connectivity index (χ3v) is 5.79. The van der Waals surface area contributed by atoms with Gasteiger partial charge in [0.05, 0.1) is 5.69 Å². The van der Waals surface area contributed by atoms with Crippen molar-refractivity contribution in [1.29, 1.82) is 0 Å². The number of aryl methyl sites for hydroxylation is 1. The molecule has 2 aromatic rings. The minimum Gasteiger partial charge on any atom is -0.438 e. The highest BCUT2D eigenvalue weighted by Crippen LogP contribution is 2.41. The number of oxazole rings is 1. The fourth-order valence-electron chi connectivity index (χ4n) is 4.17. The van der Waals surface area contributed by atoms with Gasteiger partial charge >= 0.3 is 0 Å². The van der Waals surface area contributed by atoms with Crippen LogP contribution in [0, 0.1) is 6.92 Å². The van der Waals surface area contributed by atoms with Gasteiger partial charge in [-0.05, 0) is 68.7 Å². The fraction of sp³-hybridized carbons (Fsp3) is 0.500. The summed E-state index contributed by atoms with van der Waals surface area (Å²) in [5.41, 5.74) is 5.31. The van der Waals surface area contributed by atoms with Gasteiger partial charge in [0, 0.05) is 31.1 Å². The lowest BCUT2D eigenvalue weighted by molar-refractivity contribution is 0.0738. The first-order chi connectivity index (χ1) is 13.5. The van der Waals surface area contributed by atoms with Gasteiger partial charge in [-0.3, -0.25) is 9.59 Å². The highest BCUT2D eigenvalue weighted by molar-refractivity contribution is 5.96. The zero-order chi connectivity index (χ0) is 19.8. The van der Waals surface area contributed by atoms with Crippen molar-refractivity contribution in [3.8, 4) is 0 Å². The van der Waals surface area contributed by atoms with Crippen LogP contribution in [0.25, 0.3) is 0 Å². The number of hydrogen-bond donors (Lipinski definition) is 1. The predicted molar refractivity (Wildman–Crippen MR) is 106 cm³/mol. The van der Waals surface area contributed by atoms with Crippen molar-refractivity contribution in [3.05, 3.63) is 52.2 Å². The molecule has 0 spiro atoms. The average Bonchev–Trinajstić information content (AvgIpc) is 3.18. The number of fused-ring (bicyclic) bond motifs is 1. The van der Waals surface area contributed by atoms with E-state index in [0.717, 1.165) is 43.4 Å². The molecular weight excluding hydrogens is 354 g/mol. The topological polar surface area (TPSA) is 75.4 Å². The molecule has 1 aromatic heterocycles. The lowest BCUT2D eigenvalue weighted by Crippen LogP contribution is -2.43. The molecule has 2 aliphatic rings. The molecule has 1 N–H and O–H groups in total. The lowest BCUT2D eigenvalue weighted by Gasteiger charge is -2.22. The Hall–Kier alpha value is -2.63. The SMILES string of the molecule is Cc1ccc(C(=O)NC(C)CN(C)C(=O)c2ocnc2C2CC2)c2c1CCC2. The van der Waals surface area contributed by atoms with E-state index in [2.05, 4.69) is 17.2 Å². The number of likely N-dealkylation sites (N-methyl/N-ethyl adjacent to an activating group) is 1. The second kappa shape index (κ2) is 7.41. The number of nitrogens with zero attached hydrogens (tertiary/aromatic N) is 2. The molecule has 1 atom stereocenters. The van der Waals surface area contributed by atoms with Gasteiger partial charge in [0.1, 0.15) is 0 Å². The number of nitrogens with one attached hydrogen (secondary N) is 1. The summed E-state index contributed by atoms with van der Waals surface area (Å²) in [6.45, 7) is 4.43. The summed E-state index contributed by atoms with van der Waals surface area (Å²) in [4.78, 5) is 31.3. The summed E-state index contributed by atoms with van der Waals surface area (Å²) in [7, 11) is 1.73. The van der Waals surface area contributed by atoms with Crippen molar-refractivity contribution in [2.24, 2.45) is 0 Å². The third kappa shape index (κ3) is 3.55. The fourth-order valence-corrected chi connectivity index (χ4v) is 4.17. The lowest BCUT2D eigenvalue weighted by atomic mass is 9.98. The maximum Gasteiger partial charge on any atom is 0.291 e. The molecular formula is C22H27N3O3. The summed E-state index contributed by atoms with van der Waals surface area (Å²) in [6.07, 6.45) is 6.58. The molecule has 0 radical (unpaired) electrons. The van der Waals surface area contributed by atoms with Gasteiger partial charge in [-0.2, -0.15) is 0 Å². The Morgan fingerprint density at radius 1 is 1.29 bits per heavy atom. The monoisotopic (exact) mass is 381 g/mol. The maximum absolute atomic E-state index is 12.8. The van der Waals surface area contributed by atoms with Gasteiger partial charge in [-0.15, -0.1) is 0 Å². The summed E-state index contributed by atoms with van der Waals surface area (Å²) in [5, 5.41) is 3.05. The molecule has 1 fully saturated rings. The summed E-state index contributed by atoms with van der Waals surface area (Å²) < 4.78 is 5.35. The average molecular weight is 381 g/mol. The van der Waals surface area contributed by atoms with Crippen molar-refractivity contribution < 1.29 is 14.0 Å². The normalized spacial score (nSPS) is 16.5. The standard InChI is InChI=1S/C22H27N3O3/c1-13-7-10-18(17-6-4-5-16(13)17)21(26)24-14(2)11-25(3)22(27)20-19(15-8-9-15)23-12-28-20/h7,10,12,14-15H,4-6,8-9,11H2,1-3H3,(H,24,26). The van der Waals surface area contributed by atoms with Crippen LogP contribution in [0.1, 0.15) is 75.4 Å². The van der Waals surface area contributed by atoms with Crippen LogP contribution < -0.4 is 5.32 Å². The van der Waals surface area contributed by atoms with Crippen molar-refractivity contribution in [3.63, 3.8) is 0 Å². The smallest absolute Gasteiger partial charge is 0.291 e. The molecule has 2 aliphatic carbocycles. The first kappa shape index (κ1) is 18.7. The van der Waals surface area contributed by atoms with Crippen molar-refractivity contribution >= 4 is 11.8 Å². The highest BCUT2D eigenvalue weighted by Gasteiger charge is 2.33. The first-order valence-corrected chi connectivity index (χ1v) is 10.1. The quantitative estimate of drug-likeness (QED) is 0.833. The minimum atomic E-state index is -0.184. The Labute approximate surface area is 165 Å². The van der Waals surface area contributed by atoms with Gasteiger partial charge in [0.2, 0.25) is 5.76 Å². The van der Waals surface area contributed by atoms with E-state index in [1.807, 2.05) is 19.1 Å². The van der Waals surface area contributed by atoms with Crippen LogP contribution in [-0.2, 0) is 12.8 Å². The van der Waals surface area contributed by atoms with Crippen LogP contribution in [0.2, 0.25) is 0 Å². The van der Waals surface area contributed by atoms with E-state index < -0.39 is 0 Å². The van der Waals surface area contributed by atoms with Gasteiger partial charge in [0.15, 0.2) is 6.39 Å². The van der Waals surface area contributed by atoms with Gasteiger partial charge in [-0.25, -0.2) is 4.98 Å². The number of carbonyl (C=O) groups excluding carboxylic acids is 2. The summed E-state index contributed by atoms with van der Waals surface area (Å²) in [5.74, 6) is 0.438. The summed E-state index contributed by atoms with van der Waals surface area (Å²) >= 11 is 0. The first-order valence-electron chi connectivity index (χ1n) is 10.1. The summed E-state index contributed by atoms with van der Waals surface area (Å²) in [6, 6.07) is 3.78. The van der Waals surface area contributed by atoms with E-state index >= 15 is 0 Å². The molecule has 0 aliphatic heterocycles. The van der Waals surface area contributed by atoms with E-state index in [-0.39, 0.29) is 17.9 Å². The largest absolute Gasteiger partial charge is 0.438 e. The van der Waals surface area contributed by atoms with E-state index in [4.69, 9.17) is 4.42 Å². The molecule has 6 heteroatoms. The molecule has 1 unspecified atom stereocenters. The Kier molecular flexibility index (Phi) is 4.96. The van der Waals surface area contributed by atoms with Gasteiger partial charge < -0.3 is 14.6 Å². The molecule has 1 heterocycles. The van der Waals surface area contributed by atoms with Crippen LogP contribution >= 0.6 is 0 Å². The van der Waals surface area contributed by atoms with Gasteiger partial charge in [0.25, 0.3) is 11.8 Å². The number of aromatic nitrogens is 1. The van der Waals surface area contributed by atoms with Crippen LogP contribution in [0.4, 0.5) is 0 Å². The van der Waals surface area contributed by atoms with Crippen LogP contribution in [0.3, 0.4) is 0 Å². The van der Waals surface area contributed by atoms with Crippen molar-refractivity contribution in [2.45, 2.75) is 57.9 Å². The zero-order valence-corrected chi connectivity index (χ0v) is 16.7. The second-order valence-electron chi connectivity index (χ2n) is 8.14. The number of rotatable bonds is 6. The zero-order valence-electron chi connectivity index (χ0n) is 16.7. The third-order valence-electron chi connectivity index (χ3n) is 5.79. The van der Waals surface area contributed by atoms with E-state index in [1.54, 1.807) is 11.9 Å². The molecule has 1 saturated carbocycles. The second-order valence-corrected chi connectivity index (χ2v) is 8.14. The molecule has 0 bridgehead atoms. The van der Waals surface area contributed by atoms with E-state index in [0.29, 0.717) is 18.2 Å². The molecule has 4 rings (SSSR count). The number of hydrogen-bond acceptors (Lipinski definition) is 4. The molecule has 2 amide bonds. The number of benzene rings is 1. The Morgan fingerprint density at radius 3 is 2.79 bits per heavy atom. The van der Waals surface area contributed by atoms with E-state index in [1.165, 1.54) is 23.1 Å². The Balaban J connectivity index is 1.39. The van der Waals surface area contributed by atoms with Crippen LogP contribution in [0.5, 0.6) is 0 Å². The minimum absolute atomic E-state index is 0.0650. The predicted octanol–water partition coefficient (Wildman–Crippen LogP) is 3.24. The highest BCUT2D eigenvalue weighted by atomic mass is 16.3. The molecule has 28 heavy (non-hydrogen) atoms. The molecule has 1 aromatic carbocycles. The molecule has 6 nitrogen and oxygen atoms in total. The van der Waals surface area contributed by atoms with Crippen LogP contribution in [0.15, 0.2) is 22.9 Å².